The molecule has 0 saturated carbocycles. The van der Waals surface area contributed by atoms with Gasteiger partial charge in [0.05, 0.1) is 5.56 Å². The highest BCUT2D eigenvalue weighted by atomic mass is 16.2. The van der Waals surface area contributed by atoms with Gasteiger partial charge in [-0.3, -0.25) is 4.79 Å². The van der Waals surface area contributed by atoms with Gasteiger partial charge >= 0.3 is 0 Å². The third kappa shape index (κ3) is 3.40. The number of anilines is 2. The Kier molecular flexibility index (Phi) is 5.67. The summed E-state index contributed by atoms with van der Waals surface area (Å²) in [5, 5.41) is 0. The molecule has 0 spiro atoms. The van der Waals surface area contributed by atoms with Crippen LogP contribution in [0.5, 0.6) is 0 Å². The van der Waals surface area contributed by atoms with Crippen LogP contribution in [0.4, 0.5) is 11.4 Å². The maximum atomic E-state index is 12.6. The number of nitrogens with zero attached hydrogens (tertiary/aromatic N) is 2. The van der Waals surface area contributed by atoms with E-state index in [1.54, 1.807) is 6.07 Å². The predicted molar refractivity (Wildman–Crippen MR) is 81.7 cm³/mol. The highest BCUT2D eigenvalue weighted by Gasteiger charge is 2.19. The second kappa shape index (κ2) is 7.02. The van der Waals surface area contributed by atoms with Gasteiger partial charge in [-0.1, -0.05) is 0 Å². The Morgan fingerprint density at radius 3 is 2.11 bits per heavy atom. The molecule has 1 amide bonds. The van der Waals surface area contributed by atoms with Gasteiger partial charge in [0.25, 0.3) is 5.91 Å². The molecule has 0 saturated heterocycles. The summed E-state index contributed by atoms with van der Waals surface area (Å²) in [5.41, 5.74) is 8.14. The van der Waals surface area contributed by atoms with Crippen LogP contribution in [-0.2, 0) is 0 Å². The first-order valence-corrected chi connectivity index (χ1v) is 7.02. The van der Waals surface area contributed by atoms with Crippen molar-refractivity contribution in [2.24, 2.45) is 0 Å². The standard InChI is InChI=1S/C15H25N3O/c1-5-17(6-2)14-10-9-12(16)11-13(14)15(19)18(7-3)8-4/h9-11H,5-8,16H2,1-4H3. The molecule has 4 heteroatoms. The van der Waals surface area contributed by atoms with Crippen molar-refractivity contribution in [1.29, 1.82) is 0 Å². The smallest absolute Gasteiger partial charge is 0.256 e. The molecule has 0 unspecified atom stereocenters. The number of rotatable bonds is 6. The third-order valence-corrected chi connectivity index (χ3v) is 3.41. The van der Waals surface area contributed by atoms with Crippen molar-refractivity contribution in [1.82, 2.24) is 4.90 Å². The molecule has 0 fully saturated rings. The topological polar surface area (TPSA) is 49.6 Å². The zero-order valence-corrected chi connectivity index (χ0v) is 12.4. The Morgan fingerprint density at radius 1 is 1.05 bits per heavy atom. The summed E-state index contributed by atoms with van der Waals surface area (Å²) in [6.07, 6.45) is 0. The maximum absolute atomic E-state index is 12.6. The fraction of sp³-hybridized carbons (Fsp3) is 0.533. The summed E-state index contributed by atoms with van der Waals surface area (Å²) in [5.74, 6) is 0.0548. The number of benzene rings is 1. The molecule has 0 aliphatic heterocycles. The highest BCUT2D eigenvalue weighted by Crippen LogP contribution is 2.24. The number of nitrogens with two attached hydrogens (primary N) is 1. The molecular formula is C15H25N3O. The van der Waals surface area contributed by atoms with Crippen LogP contribution in [0.2, 0.25) is 0 Å². The van der Waals surface area contributed by atoms with E-state index in [2.05, 4.69) is 18.7 Å². The molecule has 1 rings (SSSR count). The van der Waals surface area contributed by atoms with E-state index < -0.39 is 0 Å². The molecule has 106 valence electrons. The first kappa shape index (κ1) is 15.3. The van der Waals surface area contributed by atoms with E-state index in [1.807, 2.05) is 30.9 Å². The monoisotopic (exact) mass is 263 g/mol. The highest BCUT2D eigenvalue weighted by molar-refractivity contribution is 6.00. The normalized spacial score (nSPS) is 10.3. The van der Waals surface area contributed by atoms with Gasteiger partial charge in [-0.2, -0.15) is 0 Å². The van der Waals surface area contributed by atoms with Crippen molar-refractivity contribution in [3.8, 4) is 0 Å². The van der Waals surface area contributed by atoms with E-state index in [9.17, 15) is 4.79 Å². The molecule has 1 aromatic rings. The molecule has 0 aliphatic rings. The Labute approximate surface area is 116 Å². The predicted octanol–water partition coefficient (Wildman–Crippen LogP) is 2.60. The van der Waals surface area contributed by atoms with Crippen molar-refractivity contribution < 1.29 is 4.79 Å². The third-order valence-electron chi connectivity index (χ3n) is 3.41. The Hall–Kier alpha value is -1.71. The molecule has 0 aliphatic carbocycles. The molecular weight excluding hydrogens is 238 g/mol. The zero-order chi connectivity index (χ0) is 14.4. The van der Waals surface area contributed by atoms with Crippen molar-refractivity contribution in [3.05, 3.63) is 23.8 Å². The lowest BCUT2D eigenvalue weighted by Crippen LogP contribution is -2.33. The average molecular weight is 263 g/mol. The van der Waals surface area contributed by atoms with Gasteiger partial charge in [0, 0.05) is 37.6 Å². The average Bonchev–Trinajstić information content (AvgIpc) is 2.42. The van der Waals surface area contributed by atoms with Crippen molar-refractivity contribution >= 4 is 17.3 Å². The van der Waals surface area contributed by atoms with E-state index in [4.69, 9.17) is 5.73 Å². The second-order valence-electron chi connectivity index (χ2n) is 4.43. The lowest BCUT2D eigenvalue weighted by molar-refractivity contribution is 0.0773. The number of amides is 1. The molecule has 4 nitrogen and oxygen atoms in total. The van der Waals surface area contributed by atoms with Gasteiger partial charge in [-0.25, -0.2) is 0 Å². The molecule has 0 radical (unpaired) electrons. The minimum atomic E-state index is 0.0548. The SMILES string of the molecule is CCN(CC)C(=O)c1cc(N)ccc1N(CC)CC. The summed E-state index contributed by atoms with van der Waals surface area (Å²) < 4.78 is 0. The maximum Gasteiger partial charge on any atom is 0.256 e. The van der Waals surface area contributed by atoms with Crippen LogP contribution in [0.15, 0.2) is 18.2 Å². The van der Waals surface area contributed by atoms with Crippen LogP contribution < -0.4 is 10.6 Å². The van der Waals surface area contributed by atoms with Gasteiger partial charge in [0.1, 0.15) is 0 Å². The van der Waals surface area contributed by atoms with Gasteiger partial charge in [-0.05, 0) is 45.9 Å². The number of carbonyl (C=O) groups excluding carboxylic acids is 1. The summed E-state index contributed by atoms with van der Waals surface area (Å²) in [6.45, 7) is 11.3. The minimum absolute atomic E-state index is 0.0548. The Morgan fingerprint density at radius 2 is 1.63 bits per heavy atom. The van der Waals surface area contributed by atoms with Crippen molar-refractivity contribution in [3.63, 3.8) is 0 Å². The van der Waals surface area contributed by atoms with Crippen molar-refractivity contribution in [2.75, 3.05) is 36.8 Å². The summed E-state index contributed by atoms with van der Waals surface area (Å²) in [6, 6.07) is 5.58. The molecule has 2 N–H and O–H groups in total. The van der Waals surface area contributed by atoms with E-state index >= 15 is 0 Å². The van der Waals surface area contributed by atoms with Gasteiger partial charge in [0.2, 0.25) is 0 Å². The lowest BCUT2D eigenvalue weighted by atomic mass is 10.1. The first-order chi connectivity index (χ1) is 9.08. The van der Waals surface area contributed by atoms with Crippen LogP contribution >= 0.6 is 0 Å². The molecule has 19 heavy (non-hydrogen) atoms. The van der Waals surface area contributed by atoms with E-state index in [-0.39, 0.29) is 5.91 Å². The minimum Gasteiger partial charge on any atom is -0.399 e. The largest absolute Gasteiger partial charge is 0.399 e. The molecule has 1 aromatic carbocycles. The molecule has 0 bridgehead atoms. The fourth-order valence-corrected chi connectivity index (χ4v) is 2.25. The van der Waals surface area contributed by atoms with Crippen LogP contribution in [0, 0.1) is 0 Å². The van der Waals surface area contributed by atoms with Crippen LogP contribution in [0.25, 0.3) is 0 Å². The number of carbonyl (C=O) groups is 1. The summed E-state index contributed by atoms with van der Waals surface area (Å²) >= 11 is 0. The summed E-state index contributed by atoms with van der Waals surface area (Å²) in [7, 11) is 0. The summed E-state index contributed by atoms with van der Waals surface area (Å²) in [4.78, 5) is 16.6. The fourth-order valence-electron chi connectivity index (χ4n) is 2.25. The molecule has 0 aromatic heterocycles. The van der Waals surface area contributed by atoms with E-state index in [0.717, 1.165) is 18.8 Å². The quantitative estimate of drug-likeness (QED) is 0.803. The number of hydrogen-bond acceptors (Lipinski definition) is 3. The first-order valence-electron chi connectivity index (χ1n) is 7.02. The zero-order valence-electron chi connectivity index (χ0n) is 12.4. The number of hydrogen-bond donors (Lipinski definition) is 1. The van der Waals surface area contributed by atoms with E-state index in [1.165, 1.54) is 0 Å². The van der Waals surface area contributed by atoms with Crippen LogP contribution in [0.3, 0.4) is 0 Å². The Balaban J connectivity index is 3.23. The number of nitrogen functional groups attached to an aromatic ring is 1. The Bertz CT molecular complexity index is 423. The second-order valence-corrected chi connectivity index (χ2v) is 4.43. The van der Waals surface area contributed by atoms with Gasteiger partial charge < -0.3 is 15.5 Å². The van der Waals surface area contributed by atoms with Crippen LogP contribution in [-0.4, -0.2) is 37.0 Å². The van der Waals surface area contributed by atoms with Crippen LogP contribution in [0.1, 0.15) is 38.1 Å². The van der Waals surface area contributed by atoms with Gasteiger partial charge in [-0.15, -0.1) is 0 Å². The lowest BCUT2D eigenvalue weighted by Gasteiger charge is -2.26. The molecule has 0 atom stereocenters. The van der Waals surface area contributed by atoms with E-state index in [0.29, 0.717) is 24.3 Å². The molecule has 0 heterocycles. The van der Waals surface area contributed by atoms with Gasteiger partial charge in [0.15, 0.2) is 0 Å². The van der Waals surface area contributed by atoms with Crippen molar-refractivity contribution in [2.45, 2.75) is 27.7 Å².